The van der Waals surface area contributed by atoms with Crippen molar-refractivity contribution in [1.29, 1.82) is 0 Å². The van der Waals surface area contributed by atoms with Crippen LogP contribution in [0.3, 0.4) is 0 Å². The van der Waals surface area contributed by atoms with Crippen LogP contribution >= 0.6 is 0 Å². The third-order valence-corrected chi connectivity index (χ3v) is 3.91. The van der Waals surface area contributed by atoms with Gasteiger partial charge in [-0.15, -0.1) is 0 Å². The summed E-state index contributed by atoms with van der Waals surface area (Å²) in [6, 6.07) is 3.14. The Balaban J connectivity index is 2.23. The Morgan fingerprint density at radius 3 is 2.75 bits per heavy atom. The molecule has 20 heavy (non-hydrogen) atoms. The van der Waals surface area contributed by atoms with Crippen LogP contribution in [0.4, 0.5) is 5.69 Å². The van der Waals surface area contributed by atoms with Crippen molar-refractivity contribution in [2.45, 2.75) is 11.6 Å². The van der Waals surface area contributed by atoms with Crippen molar-refractivity contribution in [3.63, 3.8) is 0 Å². The predicted molar refractivity (Wildman–Crippen MR) is 72.9 cm³/mol. The molecular formula is C11H15N5O3S. The first-order valence-electron chi connectivity index (χ1n) is 5.76. The Morgan fingerprint density at radius 1 is 1.35 bits per heavy atom. The van der Waals surface area contributed by atoms with Gasteiger partial charge in [-0.25, -0.2) is 4.98 Å². The maximum atomic E-state index is 12.2. The van der Waals surface area contributed by atoms with E-state index in [1.54, 1.807) is 19.2 Å². The SMILES string of the molecule is CNCc1cn[nH]c1S(=O)(=O)Nc1ccc(OC)nc1. The van der Waals surface area contributed by atoms with Gasteiger partial charge in [0.15, 0.2) is 5.03 Å². The number of nitrogens with zero attached hydrogens (tertiary/aromatic N) is 2. The fourth-order valence-electron chi connectivity index (χ4n) is 1.62. The van der Waals surface area contributed by atoms with Crippen molar-refractivity contribution in [2.24, 2.45) is 0 Å². The minimum absolute atomic E-state index is 0.0302. The second kappa shape index (κ2) is 5.88. The number of hydrogen-bond acceptors (Lipinski definition) is 6. The van der Waals surface area contributed by atoms with Crippen LogP contribution < -0.4 is 14.8 Å². The van der Waals surface area contributed by atoms with Gasteiger partial charge in [-0.1, -0.05) is 0 Å². The third-order valence-electron chi connectivity index (χ3n) is 2.51. The number of aromatic nitrogens is 3. The maximum absolute atomic E-state index is 12.2. The van der Waals surface area contributed by atoms with Crippen molar-refractivity contribution < 1.29 is 13.2 Å². The lowest BCUT2D eigenvalue weighted by molar-refractivity contribution is 0.398. The molecule has 2 heterocycles. The molecule has 0 aromatic carbocycles. The number of nitrogens with one attached hydrogen (secondary N) is 3. The molecule has 108 valence electrons. The van der Waals surface area contributed by atoms with Gasteiger partial charge in [0.1, 0.15) is 0 Å². The lowest BCUT2D eigenvalue weighted by Crippen LogP contribution is -2.17. The lowest BCUT2D eigenvalue weighted by atomic mass is 10.4. The molecule has 0 amide bonds. The maximum Gasteiger partial charge on any atom is 0.279 e. The highest BCUT2D eigenvalue weighted by Gasteiger charge is 2.20. The van der Waals surface area contributed by atoms with Crippen LogP contribution in [-0.2, 0) is 16.6 Å². The molecule has 2 aromatic heterocycles. The normalized spacial score (nSPS) is 11.3. The first-order chi connectivity index (χ1) is 9.56. The van der Waals surface area contributed by atoms with Crippen molar-refractivity contribution in [2.75, 3.05) is 18.9 Å². The van der Waals surface area contributed by atoms with E-state index < -0.39 is 10.0 Å². The van der Waals surface area contributed by atoms with Gasteiger partial charge in [-0.3, -0.25) is 9.82 Å². The van der Waals surface area contributed by atoms with Crippen LogP contribution in [0.25, 0.3) is 0 Å². The van der Waals surface area contributed by atoms with E-state index in [9.17, 15) is 8.42 Å². The van der Waals surface area contributed by atoms with E-state index in [1.807, 2.05) is 0 Å². The second-order valence-corrected chi connectivity index (χ2v) is 5.57. The lowest BCUT2D eigenvalue weighted by Gasteiger charge is -2.08. The highest BCUT2D eigenvalue weighted by Crippen LogP contribution is 2.18. The molecule has 0 aliphatic heterocycles. The highest BCUT2D eigenvalue weighted by molar-refractivity contribution is 7.92. The molecule has 0 radical (unpaired) electrons. The van der Waals surface area contributed by atoms with E-state index in [0.717, 1.165) is 0 Å². The van der Waals surface area contributed by atoms with Crippen LogP contribution in [0, 0.1) is 0 Å². The molecule has 0 aliphatic carbocycles. The third kappa shape index (κ3) is 3.06. The summed E-state index contributed by atoms with van der Waals surface area (Å²) >= 11 is 0. The Kier molecular flexibility index (Phi) is 4.20. The molecule has 9 heteroatoms. The minimum atomic E-state index is -3.73. The van der Waals surface area contributed by atoms with Crippen molar-refractivity contribution >= 4 is 15.7 Å². The number of H-pyrrole nitrogens is 1. The van der Waals surface area contributed by atoms with Gasteiger partial charge in [0.25, 0.3) is 10.0 Å². The topological polar surface area (TPSA) is 109 Å². The highest BCUT2D eigenvalue weighted by atomic mass is 32.2. The second-order valence-electron chi connectivity index (χ2n) is 3.95. The summed E-state index contributed by atoms with van der Waals surface area (Å²) in [4.78, 5) is 3.93. The molecule has 0 spiro atoms. The summed E-state index contributed by atoms with van der Waals surface area (Å²) in [5.74, 6) is 0.408. The Labute approximate surface area is 116 Å². The standard InChI is InChI=1S/C11H15N5O3S/c1-12-5-8-6-14-15-11(8)20(17,18)16-9-3-4-10(19-2)13-7-9/h3-4,6-7,12,16H,5H2,1-2H3,(H,14,15). The smallest absolute Gasteiger partial charge is 0.279 e. The van der Waals surface area contributed by atoms with Gasteiger partial charge in [0.05, 0.1) is 25.2 Å². The van der Waals surface area contributed by atoms with E-state index in [-0.39, 0.29) is 5.03 Å². The van der Waals surface area contributed by atoms with Crippen molar-refractivity contribution in [3.05, 3.63) is 30.1 Å². The fourth-order valence-corrected chi connectivity index (χ4v) is 2.79. The summed E-state index contributed by atoms with van der Waals surface area (Å²) in [6.45, 7) is 0.396. The molecule has 8 nitrogen and oxygen atoms in total. The number of methoxy groups -OCH3 is 1. The first kappa shape index (κ1) is 14.3. The number of hydrogen-bond donors (Lipinski definition) is 3. The van der Waals surface area contributed by atoms with Gasteiger partial charge in [-0.05, 0) is 13.1 Å². The van der Waals surface area contributed by atoms with Gasteiger partial charge < -0.3 is 10.1 Å². The summed E-state index contributed by atoms with van der Waals surface area (Å²) in [5.41, 5.74) is 0.900. The number of sulfonamides is 1. The molecule has 0 atom stereocenters. The number of pyridine rings is 1. The summed E-state index contributed by atoms with van der Waals surface area (Å²) < 4.78 is 31.8. The monoisotopic (exact) mass is 297 g/mol. The van der Waals surface area contributed by atoms with Crippen LogP contribution in [-0.4, -0.2) is 37.8 Å². The van der Waals surface area contributed by atoms with Gasteiger partial charge in [-0.2, -0.15) is 13.5 Å². The number of anilines is 1. The molecule has 0 saturated carbocycles. The molecule has 0 fully saturated rings. The molecule has 2 aromatic rings. The number of ether oxygens (including phenoxy) is 1. The summed E-state index contributed by atoms with van der Waals surface area (Å²) in [7, 11) is -0.518. The van der Waals surface area contributed by atoms with E-state index in [2.05, 4.69) is 25.2 Å². The van der Waals surface area contributed by atoms with Crippen molar-refractivity contribution in [1.82, 2.24) is 20.5 Å². The van der Waals surface area contributed by atoms with Gasteiger partial charge >= 0.3 is 0 Å². The van der Waals surface area contributed by atoms with Crippen molar-refractivity contribution in [3.8, 4) is 5.88 Å². The molecule has 0 saturated heterocycles. The quantitative estimate of drug-likeness (QED) is 0.709. The first-order valence-corrected chi connectivity index (χ1v) is 7.25. The van der Waals surface area contributed by atoms with Crippen LogP contribution in [0.15, 0.2) is 29.6 Å². The molecule has 3 N–H and O–H groups in total. The molecule has 0 bridgehead atoms. The Morgan fingerprint density at radius 2 is 2.15 bits per heavy atom. The van der Waals surface area contributed by atoms with Crippen LogP contribution in [0.1, 0.15) is 5.56 Å². The van der Waals surface area contributed by atoms with E-state index in [0.29, 0.717) is 23.7 Å². The zero-order valence-corrected chi connectivity index (χ0v) is 11.9. The van der Waals surface area contributed by atoms with Crippen LogP contribution in [0.2, 0.25) is 0 Å². The van der Waals surface area contributed by atoms with Crippen LogP contribution in [0.5, 0.6) is 5.88 Å². The molecular weight excluding hydrogens is 282 g/mol. The van der Waals surface area contributed by atoms with Gasteiger partial charge in [0, 0.05) is 18.2 Å². The molecule has 0 aliphatic rings. The fraction of sp³-hybridized carbons (Fsp3) is 0.273. The largest absolute Gasteiger partial charge is 0.481 e. The zero-order chi connectivity index (χ0) is 14.6. The van der Waals surface area contributed by atoms with E-state index in [1.165, 1.54) is 19.5 Å². The number of aromatic amines is 1. The summed E-state index contributed by atoms with van der Waals surface area (Å²) in [5, 5.41) is 9.15. The summed E-state index contributed by atoms with van der Waals surface area (Å²) in [6.07, 6.45) is 2.85. The van der Waals surface area contributed by atoms with E-state index in [4.69, 9.17) is 4.74 Å². The number of rotatable bonds is 6. The predicted octanol–water partition coefficient (Wildman–Crippen LogP) is 0.333. The molecule has 0 unspecified atom stereocenters. The average molecular weight is 297 g/mol. The van der Waals surface area contributed by atoms with Gasteiger partial charge in [0.2, 0.25) is 5.88 Å². The Hall–Kier alpha value is -2.13. The zero-order valence-electron chi connectivity index (χ0n) is 11.0. The Bertz CT molecular complexity index is 666. The minimum Gasteiger partial charge on any atom is -0.481 e. The average Bonchev–Trinajstić information content (AvgIpc) is 2.89. The van der Waals surface area contributed by atoms with E-state index >= 15 is 0 Å². The molecule has 2 rings (SSSR count).